The predicted molar refractivity (Wildman–Crippen MR) is 95.4 cm³/mol. The molecule has 0 fully saturated rings. The van der Waals surface area contributed by atoms with Crippen molar-refractivity contribution in [2.45, 2.75) is 13.0 Å². The van der Waals surface area contributed by atoms with E-state index < -0.39 is 6.03 Å². The first-order valence-corrected chi connectivity index (χ1v) is 7.78. The van der Waals surface area contributed by atoms with E-state index in [1.54, 1.807) is 25.3 Å². The summed E-state index contributed by atoms with van der Waals surface area (Å²) < 4.78 is 11.7. The van der Waals surface area contributed by atoms with Crippen molar-refractivity contribution in [3.8, 4) is 5.75 Å². The summed E-state index contributed by atoms with van der Waals surface area (Å²) in [4.78, 5) is 12.5. The average molecular weight is 343 g/mol. The van der Waals surface area contributed by atoms with Crippen molar-refractivity contribution in [3.63, 3.8) is 0 Å². The zero-order chi connectivity index (χ0) is 17.1. The van der Waals surface area contributed by atoms with E-state index in [-0.39, 0.29) is 11.9 Å². The van der Waals surface area contributed by atoms with Crippen molar-refractivity contribution in [2.75, 3.05) is 11.4 Å². The molecule has 0 saturated heterocycles. The summed E-state index contributed by atoms with van der Waals surface area (Å²) in [6.45, 7) is 1.90. The number of methoxy groups -OCH3 is 1. The summed E-state index contributed by atoms with van der Waals surface area (Å²) in [7, 11) is 1.55. The number of amides is 2. The van der Waals surface area contributed by atoms with E-state index in [9.17, 15) is 4.79 Å². The van der Waals surface area contributed by atoms with E-state index in [0.29, 0.717) is 16.7 Å². The number of hydrogen-bond donors (Lipinski definition) is 2. The Morgan fingerprint density at radius 1 is 1.25 bits per heavy atom. The number of ether oxygens (including phenoxy) is 1. The Hall–Kier alpha value is -2.67. The first kappa shape index (κ1) is 16.2. The number of carbonyl (C=O) groups excluding carboxylic acids is 1. The molecule has 3 rings (SSSR count). The quantitative estimate of drug-likeness (QED) is 0.704. The predicted octanol–water partition coefficient (Wildman–Crippen LogP) is 3.96. The van der Waals surface area contributed by atoms with Crippen LogP contribution in [0.25, 0.3) is 11.0 Å². The Morgan fingerprint density at radius 3 is 2.71 bits per heavy atom. The molecule has 0 radical (unpaired) electrons. The second-order valence-corrected chi connectivity index (χ2v) is 5.63. The van der Waals surface area contributed by atoms with Crippen LogP contribution in [0.3, 0.4) is 0 Å². The van der Waals surface area contributed by atoms with Crippen LogP contribution in [0.4, 0.5) is 10.6 Å². The van der Waals surface area contributed by atoms with Crippen LogP contribution in [0.15, 0.2) is 53.1 Å². The van der Waals surface area contributed by atoms with E-state index in [0.717, 1.165) is 9.87 Å². The highest BCUT2D eigenvalue weighted by Gasteiger charge is 2.23. The Balaban J connectivity index is 1.84. The lowest BCUT2D eigenvalue weighted by Crippen LogP contribution is -2.36. The van der Waals surface area contributed by atoms with E-state index in [2.05, 4.69) is 23.3 Å². The maximum atomic E-state index is 12.5. The van der Waals surface area contributed by atoms with Gasteiger partial charge in [0.15, 0.2) is 5.58 Å². The van der Waals surface area contributed by atoms with E-state index in [4.69, 9.17) is 9.26 Å². The van der Waals surface area contributed by atoms with Crippen LogP contribution in [0.2, 0.25) is 0 Å². The maximum absolute atomic E-state index is 12.5. The van der Waals surface area contributed by atoms with Gasteiger partial charge in [-0.05, 0) is 24.6 Å². The largest absolute Gasteiger partial charge is 0.496 e. The minimum Gasteiger partial charge on any atom is -0.496 e. The molecular formula is C17H17N3O3S. The van der Waals surface area contributed by atoms with Crippen LogP contribution in [-0.4, -0.2) is 18.3 Å². The van der Waals surface area contributed by atoms with Crippen molar-refractivity contribution >= 4 is 35.6 Å². The van der Waals surface area contributed by atoms with E-state index in [1.165, 1.54) is 0 Å². The van der Waals surface area contributed by atoms with Crippen molar-refractivity contribution in [3.05, 3.63) is 54.1 Å². The monoisotopic (exact) mass is 343 g/mol. The zero-order valence-corrected chi connectivity index (χ0v) is 14.2. The number of anilines is 1. The molecule has 1 unspecified atom stereocenters. The highest BCUT2D eigenvalue weighted by molar-refractivity contribution is 7.82. The minimum atomic E-state index is -0.407. The summed E-state index contributed by atoms with van der Waals surface area (Å²) in [5, 5.41) is 7.41. The molecule has 2 aromatic carbocycles. The fourth-order valence-corrected chi connectivity index (χ4v) is 2.62. The van der Waals surface area contributed by atoms with E-state index >= 15 is 0 Å². The summed E-state index contributed by atoms with van der Waals surface area (Å²) in [5.74, 6) is 0.843. The number of fused-ring (bicyclic) bond motifs is 1. The number of nitrogens with zero attached hydrogens (tertiary/aromatic N) is 2. The molecule has 0 saturated carbocycles. The van der Waals surface area contributed by atoms with Gasteiger partial charge >= 0.3 is 6.03 Å². The third-order valence-electron chi connectivity index (χ3n) is 3.69. The summed E-state index contributed by atoms with van der Waals surface area (Å²) in [5.41, 5.74) is 1.52. The number of aromatic nitrogens is 1. The lowest BCUT2D eigenvalue weighted by molar-refractivity contribution is 0.247. The molecular weight excluding hydrogens is 326 g/mol. The van der Waals surface area contributed by atoms with Gasteiger partial charge in [0, 0.05) is 0 Å². The van der Waals surface area contributed by atoms with Crippen LogP contribution in [0, 0.1) is 0 Å². The number of carbonyl (C=O) groups is 1. The van der Waals surface area contributed by atoms with Crippen molar-refractivity contribution in [1.29, 1.82) is 0 Å². The molecule has 0 aliphatic heterocycles. The molecule has 124 valence electrons. The molecule has 24 heavy (non-hydrogen) atoms. The fourth-order valence-electron chi connectivity index (χ4n) is 2.43. The van der Waals surface area contributed by atoms with Crippen molar-refractivity contribution in [2.24, 2.45) is 0 Å². The molecule has 6 nitrogen and oxygen atoms in total. The SMILES string of the molecule is COc1cccc2onc(N(S)C(=O)NC(C)c3ccccc3)c12. The fraction of sp³-hybridized carbons (Fsp3) is 0.176. The van der Waals surface area contributed by atoms with Crippen molar-refractivity contribution in [1.82, 2.24) is 10.5 Å². The molecule has 0 aliphatic carbocycles. The van der Waals surface area contributed by atoms with Gasteiger partial charge < -0.3 is 14.6 Å². The van der Waals surface area contributed by atoms with Gasteiger partial charge in [0.05, 0.1) is 13.2 Å². The Bertz CT molecular complexity index is 851. The van der Waals surface area contributed by atoms with Gasteiger partial charge in [-0.3, -0.25) is 0 Å². The Morgan fingerprint density at radius 2 is 2.00 bits per heavy atom. The summed E-state index contributed by atoms with van der Waals surface area (Å²) >= 11 is 4.27. The highest BCUT2D eigenvalue weighted by atomic mass is 32.1. The first-order chi connectivity index (χ1) is 11.6. The van der Waals surface area contributed by atoms with Gasteiger partial charge in [-0.25, -0.2) is 9.10 Å². The number of benzene rings is 2. The molecule has 0 bridgehead atoms. The maximum Gasteiger partial charge on any atom is 0.333 e. The normalized spacial score (nSPS) is 12.0. The topological polar surface area (TPSA) is 67.6 Å². The van der Waals surface area contributed by atoms with Gasteiger partial charge in [0.1, 0.15) is 11.1 Å². The molecule has 1 heterocycles. The number of hydrogen-bond acceptors (Lipinski definition) is 5. The third-order valence-corrected chi connectivity index (χ3v) is 4.07. The van der Waals surface area contributed by atoms with Gasteiger partial charge in [0.25, 0.3) is 0 Å². The van der Waals surface area contributed by atoms with Crippen LogP contribution < -0.4 is 14.4 Å². The van der Waals surface area contributed by atoms with Crippen LogP contribution in [0.5, 0.6) is 5.75 Å². The third kappa shape index (κ3) is 3.03. The first-order valence-electron chi connectivity index (χ1n) is 7.38. The van der Waals surface area contributed by atoms with Crippen LogP contribution >= 0.6 is 12.8 Å². The highest BCUT2D eigenvalue weighted by Crippen LogP contribution is 2.34. The lowest BCUT2D eigenvalue weighted by atomic mass is 10.1. The summed E-state index contributed by atoms with van der Waals surface area (Å²) in [6.07, 6.45) is 0. The second kappa shape index (κ2) is 6.84. The van der Waals surface area contributed by atoms with E-state index in [1.807, 2.05) is 37.3 Å². The minimum absolute atomic E-state index is 0.173. The second-order valence-electron chi connectivity index (χ2n) is 5.23. The molecule has 1 N–H and O–H groups in total. The molecule has 1 aromatic heterocycles. The Kier molecular flexibility index (Phi) is 4.61. The van der Waals surface area contributed by atoms with Gasteiger partial charge in [-0.1, -0.05) is 54.4 Å². The molecule has 0 aliphatic rings. The number of thiol groups is 1. The Labute approximate surface area is 144 Å². The standard InChI is InChI=1S/C17H17N3O3S/c1-11(12-7-4-3-5-8-12)18-17(21)20(24)16-15-13(22-2)9-6-10-14(15)23-19-16/h3-11,24H,1-2H3,(H,18,21). The molecule has 0 spiro atoms. The number of rotatable bonds is 4. The molecule has 1 atom stereocenters. The number of urea groups is 1. The van der Waals surface area contributed by atoms with Crippen LogP contribution in [-0.2, 0) is 0 Å². The van der Waals surface area contributed by atoms with Gasteiger partial charge in [-0.15, -0.1) is 0 Å². The van der Waals surface area contributed by atoms with Crippen LogP contribution in [0.1, 0.15) is 18.5 Å². The summed E-state index contributed by atoms with van der Waals surface area (Å²) in [6, 6.07) is 14.4. The molecule has 2 amide bonds. The number of nitrogens with one attached hydrogen (secondary N) is 1. The zero-order valence-electron chi connectivity index (χ0n) is 13.3. The smallest absolute Gasteiger partial charge is 0.333 e. The lowest BCUT2D eigenvalue weighted by Gasteiger charge is -2.19. The van der Waals surface area contributed by atoms with Gasteiger partial charge in [-0.2, -0.15) is 0 Å². The molecule has 3 aromatic rings. The van der Waals surface area contributed by atoms with Gasteiger partial charge in [0.2, 0.25) is 5.82 Å². The average Bonchev–Trinajstić information content (AvgIpc) is 3.05. The van der Waals surface area contributed by atoms with Crippen molar-refractivity contribution < 1.29 is 14.1 Å². The molecule has 7 heteroatoms.